The molecule has 0 unspecified atom stereocenters. The number of piperidine rings is 1. The molecule has 1 aromatic heterocycles. The number of hydrogen-bond acceptors (Lipinski definition) is 6. The van der Waals surface area contributed by atoms with Crippen molar-refractivity contribution in [2.75, 3.05) is 19.4 Å². The normalized spacial score (nSPS) is 17.9. The topological polar surface area (TPSA) is 64.5 Å². The number of carbonyl (C=O) groups excluding carboxylic acids is 1. The van der Waals surface area contributed by atoms with Crippen molar-refractivity contribution in [3.63, 3.8) is 0 Å². The van der Waals surface area contributed by atoms with Gasteiger partial charge in [-0.3, -0.25) is 0 Å². The third-order valence-electron chi connectivity index (χ3n) is 4.02. The van der Waals surface area contributed by atoms with Crippen molar-refractivity contribution >= 4 is 29.5 Å². The van der Waals surface area contributed by atoms with E-state index in [-0.39, 0.29) is 12.1 Å². The molecule has 1 fully saturated rings. The molecule has 6 nitrogen and oxygen atoms in total. The molecule has 1 atom stereocenters. The Morgan fingerprint density at radius 3 is 2.85 bits per heavy atom. The van der Waals surface area contributed by atoms with Gasteiger partial charge >= 0.3 is 6.09 Å². The molecule has 2 heterocycles. The minimum atomic E-state index is -0.469. The summed E-state index contributed by atoms with van der Waals surface area (Å²) in [6.45, 7) is 6.98. The fraction of sp³-hybridized carbons (Fsp3) is 0.722. The lowest BCUT2D eigenvalue weighted by atomic mass is 9.98. The van der Waals surface area contributed by atoms with Crippen LogP contribution >= 0.6 is 23.4 Å². The lowest BCUT2D eigenvalue weighted by Crippen LogP contribution is -2.46. The van der Waals surface area contributed by atoms with Gasteiger partial charge in [-0.25, -0.2) is 9.78 Å². The van der Waals surface area contributed by atoms with Crippen molar-refractivity contribution in [2.45, 2.75) is 69.7 Å². The first-order chi connectivity index (χ1) is 12.3. The van der Waals surface area contributed by atoms with Gasteiger partial charge in [-0.1, -0.05) is 23.4 Å². The molecule has 1 amide bonds. The van der Waals surface area contributed by atoms with Crippen molar-refractivity contribution in [1.82, 2.24) is 14.9 Å². The molecule has 1 aromatic rings. The highest BCUT2D eigenvalue weighted by Crippen LogP contribution is 2.24. The summed E-state index contributed by atoms with van der Waals surface area (Å²) in [6.07, 6.45) is 6.58. The minimum Gasteiger partial charge on any atom is -0.478 e. The van der Waals surface area contributed by atoms with Crippen LogP contribution in [0.5, 0.6) is 5.88 Å². The summed E-state index contributed by atoms with van der Waals surface area (Å²) < 4.78 is 11.3. The highest BCUT2D eigenvalue weighted by molar-refractivity contribution is 7.98. The zero-order chi connectivity index (χ0) is 19.2. The number of aromatic nitrogens is 2. The van der Waals surface area contributed by atoms with Crippen molar-refractivity contribution in [1.29, 1.82) is 0 Å². The van der Waals surface area contributed by atoms with E-state index in [1.807, 2.05) is 31.9 Å². The van der Waals surface area contributed by atoms with Crippen molar-refractivity contribution in [3.05, 3.63) is 11.2 Å². The fourth-order valence-electron chi connectivity index (χ4n) is 2.90. The Morgan fingerprint density at radius 2 is 2.15 bits per heavy atom. The lowest BCUT2D eigenvalue weighted by molar-refractivity contribution is 0.00822. The van der Waals surface area contributed by atoms with E-state index < -0.39 is 5.60 Å². The smallest absolute Gasteiger partial charge is 0.410 e. The number of hydrogen-bond donors (Lipinski definition) is 0. The van der Waals surface area contributed by atoms with Gasteiger partial charge in [0.2, 0.25) is 5.88 Å². The molecule has 0 spiro atoms. The molecule has 1 aliphatic heterocycles. The third kappa shape index (κ3) is 6.83. The highest BCUT2D eigenvalue weighted by Gasteiger charge is 2.30. The van der Waals surface area contributed by atoms with Crippen LogP contribution in [-0.2, 0) is 4.74 Å². The maximum absolute atomic E-state index is 12.4. The van der Waals surface area contributed by atoms with Gasteiger partial charge in [0.15, 0.2) is 5.16 Å². The molecule has 1 saturated heterocycles. The zero-order valence-corrected chi connectivity index (χ0v) is 17.5. The number of amides is 1. The second kappa shape index (κ2) is 9.65. The average molecular weight is 402 g/mol. The second-order valence-corrected chi connectivity index (χ2v) is 8.49. The van der Waals surface area contributed by atoms with Gasteiger partial charge in [0.05, 0.1) is 6.61 Å². The number of halogens is 1. The second-order valence-electron chi connectivity index (χ2n) is 7.33. The first kappa shape index (κ1) is 21.1. The first-order valence-electron chi connectivity index (χ1n) is 8.99. The summed E-state index contributed by atoms with van der Waals surface area (Å²) in [5.41, 5.74) is -0.469. The van der Waals surface area contributed by atoms with Gasteiger partial charge in [0.25, 0.3) is 0 Å². The summed E-state index contributed by atoms with van der Waals surface area (Å²) in [5.74, 6) is 0.488. The molecule has 146 valence electrons. The SMILES string of the molecule is CSc1nc(Cl)cc(OCCC[C@H]2CCCCN2C(=O)OC(C)(C)C)n1. The predicted octanol–water partition coefficient (Wildman–Crippen LogP) is 4.80. The number of likely N-dealkylation sites (tertiary alicyclic amines) is 1. The van der Waals surface area contributed by atoms with Crippen LogP contribution in [0.1, 0.15) is 52.9 Å². The van der Waals surface area contributed by atoms with Crippen LogP contribution in [0.4, 0.5) is 4.79 Å². The Morgan fingerprint density at radius 1 is 1.38 bits per heavy atom. The van der Waals surface area contributed by atoms with Crippen LogP contribution in [-0.4, -0.2) is 52.0 Å². The van der Waals surface area contributed by atoms with E-state index in [4.69, 9.17) is 21.1 Å². The summed E-state index contributed by atoms with van der Waals surface area (Å²) in [7, 11) is 0. The predicted molar refractivity (Wildman–Crippen MR) is 104 cm³/mol. The van der Waals surface area contributed by atoms with Crippen LogP contribution in [0, 0.1) is 0 Å². The maximum atomic E-state index is 12.4. The molecule has 8 heteroatoms. The molecule has 2 rings (SSSR count). The van der Waals surface area contributed by atoms with E-state index in [1.165, 1.54) is 11.8 Å². The number of ether oxygens (including phenoxy) is 2. The molecular weight excluding hydrogens is 374 g/mol. The van der Waals surface area contributed by atoms with Crippen LogP contribution < -0.4 is 4.74 Å². The van der Waals surface area contributed by atoms with E-state index in [0.717, 1.165) is 38.6 Å². The Kier molecular flexibility index (Phi) is 7.83. The molecule has 0 aliphatic carbocycles. The number of thioether (sulfide) groups is 1. The summed E-state index contributed by atoms with van der Waals surface area (Å²) in [4.78, 5) is 22.7. The molecule has 0 aromatic carbocycles. The highest BCUT2D eigenvalue weighted by atomic mass is 35.5. The van der Waals surface area contributed by atoms with Gasteiger partial charge in [0.1, 0.15) is 10.8 Å². The fourth-order valence-corrected chi connectivity index (χ4v) is 3.49. The van der Waals surface area contributed by atoms with Crippen LogP contribution in [0.2, 0.25) is 5.15 Å². The lowest BCUT2D eigenvalue weighted by Gasteiger charge is -2.36. The van der Waals surface area contributed by atoms with E-state index in [9.17, 15) is 4.79 Å². The Bertz CT molecular complexity index is 610. The van der Waals surface area contributed by atoms with Crippen LogP contribution in [0.15, 0.2) is 11.2 Å². The van der Waals surface area contributed by atoms with Gasteiger partial charge in [-0.2, -0.15) is 4.98 Å². The van der Waals surface area contributed by atoms with Gasteiger partial charge in [0, 0.05) is 18.7 Å². The van der Waals surface area contributed by atoms with Crippen LogP contribution in [0.3, 0.4) is 0 Å². The minimum absolute atomic E-state index is 0.206. The van der Waals surface area contributed by atoms with E-state index in [0.29, 0.717) is 22.8 Å². The Hall–Kier alpha value is -1.21. The van der Waals surface area contributed by atoms with Crippen molar-refractivity contribution in [3.8, 4) is 5.88 Å². The molecular formula is C18H28ClN3O3S. The molecule has 0 N–H and O–H groups in total. The standard InChI is InChI=1S/C18H28ClN3O3S/c1-18(2,3)25-17(23)22-10-6-5-8-13(22)9-7-11-24-15-12-14(19)20-16(21-15)26-4/h12-13H,5-11H2,1-4H3/t13-/m1/s1. The number of nitrogens with zero attached hydrogens (tertiary/aromatic N) is 3. The molecule has 26 heavy (non-hydrogen) atoms. The Balaban J connectivity index is 1.83. The molecule has 0 bridgehead atoms. The van der Waals surface area contributed by atoms with E-state index >= 15 is 0 Å². The van der Waals surface area contributed by atoms with Crippen molar-refractivity contribution in [2.24, 2.45) is 0 Å². The summed E-state index contributed by atoms with van der Waals surface area (Å²) >= 11 is 7.39. The number of carbonyl (C=O) groups is 1. The Labute approximate surface area is 165 Å². The monoisotopic (exact) mass is 401 g/mol. The summed E-state index contributed by atoms with van der Waals surface area (Å²) in [6, 6.07) is 1.83. The van der Waals surface area contributed by atoms with Gasteiger partial charge in [-0.05, 0) is 59.1 Å². The third-order valence-corrected chi connectivity index (χ3v) is 4.76. The van der Waals surface area contributed by atoms with E-state index in [1.54, 1.807) is 6.07 Å². The molecule has 0 radical (unpaired) electrons. The molecule has 0 saturated carbocycles. The summed E-state index contributed by atoms with van der Waals surface area (Å²) in [5, 5.41) is 0.971. The largest absolute Gasteiger partial charge is 0.478 e. The first-order valence-corrected chi connectivity index (χ1v) is 10.6. The zero-order valence-electron chi connectivity index (χ0n) is 16.0. The average Bonchev–Trinajstić information content (AvgIpc) is 2.57. The van der Waals surface area contributed by atoms with Gasteiger partial charge < -0.3 is 14.4 Å². The quantitative estimate of drug-likeness (QED) is 0.295. The molecule has 1 aliphatic rings. The van der Waals surface area contributed by atoms with Gasteiger partial charge in [-0.15, -0.1) is 0 Å². The van der Waals surface area contributed by atoms with Crippen molar-refractivity contribution < 1.29 is 14.3 Å². The maximum Gasteiger partial charge on any atom is 0.410 e. The van der Waals surface area contributed by atoms with Crippen LogP contribution in [0.25, 0.3) is 0 Å². The van der Waals surface area contributed by atoms with E-state index in [2.05, 4.69) is 9.97 Å². The number of rotatable bonds is 6.